The van der Waals surface area contributed by atoms with Gasteiger partial charge in [-0.2, -0.15) is 0 Å². The molecule has 1 aromatic heterocycles. The molecule has 0 bridgehead atoms. The summed E-state index contributed by atoms with van der Waals surface area (Å²) < 4.78 is 7.42. The van der Waals surface area contributed by atoms with Crippen molar-refractivity contribution in [3.8, 4) is 0 Å². The zero-order chi connectivity index (χ0) is 20.2. The monoisotopic (exact) mass is 392 g/mol. The Balaban J connectivity index is 1.84. The lowest BCUT2D eigenvalue weighted by atomic mass is 9.85. The van der Waals surface area contributed by atoms with E-state index in [9.17, 15) is 0 Å². The van der Waals surface area contributed by atoms with E-state index >= 15 is 0 Å². The minimum Gasteiger partial charge on any atom is -0.382 e. The highest BCUT2D eigenvalue weighted by atomic mass is 16.5. The number of hydrogen-bond donors (Lipinski definition) is 2. The smallest absolute Gasteiger partial charge is 0.191 e. The molecule has 0 amide bonds. The lowest BCUT2D eigenvalue weighted by Gasteiger charge is -2.24. The summed E-state index contributed by atoms with van der Waals surface area (Å²) in [5, 5.41) is 15.4. The van der Waals surface area contributed by atoms with Crippen LogP contribution in [0.1, 0.15) is 76.9 Å². The van der Waals surface area contributed by atoms with Gasteiger partial charge < -0.3 is 19.9 Å². The molecule has 0 radical (unpaired) electrons. The van der Waals surface area contributed by atoms with Gasteiger partial charge in [0.2, 0.25) is 0 Å². The van der Waals surface area contributed by atoms with Crippen molar-refractivity contribution < 1.29 is 4.74 Å². The van der Waals surface area contributed by atoms with Crippen molar-refractivity contribution in [3.05, 3.63) is 11.6 Å². The first-order valence-electron chi connectivity index (χ1n) is 11.1. The highest BCUT2D eigenvalue weighted by Crippen LogP contribution is 2.27. The summed E-state index contributed by atoms with van der Waals surface area (Å²) >= 11 is 0. The van der Waals surface area contributed by atoms with Crippen molar-refractivity contribution in [1.29, 1.82) is 0 Å². The van der Waals surface area contributed by atoms with E-state index in [0.717, 1.165) is 49.7 Å². The largest absolute Gasteiger partial charge is 0.382 e. The van der Waals surface area contributed by atoms with Gasteiger partial charge >= 0.3 is 0 Å². The molecule has 160 valence electrons. The van der Waals surface area contributed by atoms with Crippen molar-refractivity contribution in [2.75, 3.05) is 19.8 Å². The molecule has 1 atom stereocenters. The summed E-state index contributed by atoms with van der Waals surface area (Å²) in [6.45, 7) is 9.15. The van der Waals surface area contributed by atoms with Crippen molar-refractivity contribution >= 4 is 5.96 Å². The topological polar surface area (TPSA) is 76.4 Å². The van der Waals surface area contributed by atoms with Crippen LogP contribution in [-0.4, -0.2) is 46.5 Å². The molecule has 1 aliphatic rings. The molecule has 1 aromatic rings. The number of aromatic nitrogens is 3. The summed E-state index contributed by atoms with van der Waals surface area (Å²) in [5.74, 6) is 3.56. The van der Waals surface area contributed by atoms with Gasteiger partial charge in [-0.1, -0.05) is 32.1 Å². The Morgan fingerprint density at radius 3 is 2.75 bits per heavy atom. The molecular formula is C21H40N6O. The summed E-state index contributed by atoms with van der Waals surface area (Å²) in [6, 6.07) is 0.404. The first kappa shape index (κ1) is 22.7. The Morgan fingerprint density at radius 1 is 1.29 bits per heavy atom. The van der Waals surface area contributed by atoms with Gasteiger partial charge in [0.05, 0.1) is 0 Å². The third kappa shape index (κ3) is 8.17. The van der Waals surface area contributed by atoms with Gasteiger partial charge in [0.1, 0.15) is 12.4 Å². The Kier molecular flexibility index (Phi) is 10.3. The van der Waals surface area contributed by atoms with Crippen molar-refractivity contribution in [3.63, 3.8) is 0 Å². The Bertz CT molecular complexity index is 579. The average molecular weight is 393 g/mol. The van der Waals surface area contributed by atoms with Crippen LogP contribution >= 0.6 is 0 Å². The van der Waals surface area contributed by atoms with Crippen LogP contribution in [0.3, 0.4) is 0 Å². The van der Waals surface area contributed by atoms with Crippen LogP contribution in [0.2, 0.25) is 0 Å². The molecule has 2 rings (SSSR count). The second-order valence-corrected chi connectivity index (χ2v) is 7.99. The van der Waals surface area contributed by atoms with Crippen LogP contribution in [0.25, 0.3) is 0 Å². The number of aryl methyl sites for hydroxylation is 1. The third-order valence-electron chi connectivity index (χ3n) is 5.64. The predicted molar refractivity (Wildman–Crippen MR) is 114 cm³/mol. The predicted octanol–water partition coefficient (Wildman–Crippen LogP) is 3.33. The molecule has 0 saturated heterocycles. The number of nitrogens with zero attached hydrogens (tertiary/aromatic N) is 4. The molecule has 1 aliphatic carbocycles. The van der Waals surface area contributed by atoms with E-state index in [4.69, 9.17) is 9.73 Å². The van der Waals surface area contributed by atoms with E-state index < -0.39 is 0 Å². The number of aliphatic imine (C=N–C) groups is 1. The first-order valence-corrected chi connectivity index (χ1v) is 11.1. The number of guanidine groups is 1. The Morgan fingerprint density at radius 2 is 2.07 bits per heavy atom. The SMILES string of the molecule is CCOCCCNC(=NCc1nnc(C)n1C)NC(C)CCC1CCCCC1. The van der Waals surface area contributed by atoms with E-state index in [0.29, 0.717) is 12.6 Å². The third-order valence-corrected chi connectivity index (χ3v) is 5.64. The van der Waals surface area contributed by atoms with Gasteiger partial charge in [-0.3, -0.25) is 0 Å². The summed E-state index contributed by atoms with van der Waals surface area (Å²) in [5.41, 5.74) is 0. The van der Waals surface area contributed by atoms with Gasteiger partial charge in [-0.05, 0) is 46.0 Å². The molecule has 7 heteroatoms. The zero-order valence-electron chi connectivity index (χ0n) is 18.3. The van der Waals surface area contributed by atoms with Gasteiger partial charge in [0, 0.05) is 32.8 Å². The highest BCUT2D eigenvalue weighted by molar-refractivity contribution is 5.80. The summed E-state index contributed by atoms with van der Waals surface area (Å²) in [4.78, 5) is 4.75. The number of rotatable bonds is 11. The molecule has 0 aliphatic heterocycles. The lowest BCUT2D eigenvalue weighted by Crippen LogP contribution is -2.43. The van der Waals surface area contributed by atoms with Crippen LogP contribution in [0.4, 0.5) is 0 Å². The normalized spacial score (nSPS) is 16.9. The van der Waals surface area contributed by atoms with Gasteiger partial charge in [0.25, 0.3) is 0 Å². The zero-order valence-corrected chi connectivity index (χ0v) is 18.3. The molecule has 1 heterocycles. The quantitative estimate of drug-likeness (QED) is 0.343. The fraction of sp³-hybridized carbons (Fsp3) is 0.857. The molecule has 1 unspecified atom stereocenters. The maximum absolute atomic E-state index is 5.43. The van der Waals surface area contributed by atoms with Crippen molar-refractivity contribution in [1.82, 2.24) is 25.4 Å². The van der Waals surface area contributed by atoms with Crippen molar-refractivity contribution in [2.24, 2.45) is 18.0 Å². The van der Waals surface area contributed by atoms with E-state index in [-0.39, 0.29) is 0 Å². The molecule has 7 nitrogen and oxygen atoms in total. The van der Waals surface area contributed by atoms with E-state index in [1.807, 2.05) is 25.5 Å². The number of nitrogens with one attached hydrogen (secondary N) is 2. The molecule has 2 N–H and O–H groups in total. The fourth-order valence-electron chi connectivity index (χ4n) is 3.68. The number of hydrogen-bond acceptors (Lipinski definition) is 4. The van der Waals surface area contributed by atoms with Gasteiger partial charge in [0.15, 0.2) is 11.8 Å². The van der Waals surface area contributed by atoms with Crippen LogP contribution < -0.4 is 10.6 Å². The minimum atomic E-state index is 0.404. The fourth-order valence-corrected chi connectivity index (χ4v) is 3.68. The standard InChI is InChI=1S/C21H40N6O/c1-5-28-15-9-14-22-21(23-16-20-26-25-18(3)27(20)4)24-17(2)12-13-19-10-7-6-8-11-19/h17,19H,5-16H2,1-4H3,(H2,22,23,24). The minimum absolute atomic E-state index is 0.404. The summed E-state index contributed by atoms with van der Waals surface area (Å²) in [7, 11) is 1.98. The molecule has 28 heavy (non-hydrogen) atoms. The number of ether oxygens (including phenoxy) is 1. The maximum atomic E-state index is 5.43. The molecule has 0 spiro atoms. The van der Waals surface area contributed by atoms with Crippen LogP contribution in [0, 0.1) is 12.8 Å². The lowest BCUT2D eigenvalue weighted by molar-refractivity contribution is 0.145. The van der Waals surface area contributed by atoms with E-state index in [1.165, 1.54) is 44.9 Å². The van der Waals surface area contributed by atoms with Gasteiger partial charge in [-0.25, -0.2) is 4.99 Å². The highest BCUT2D eigenvalue weighted by Gasteiger charge is 2.15. The van der Waals surface area contributed by atoms with Gasteiger partial charge in [-0.15, -0.1) is 10.2 Å². The molecule has 1 saturated carbocycles. The Labute approximate surface area is 170 Å². The summed E-state index contributed by atoms with van der Waals surface area (Å²) in [6.07, 6.45) is 10.5. The van der Waals surface area contributed by atoms with Crippen LogP contribution in [0.15, 0.2) is 4.99 Å². The van der Waals surface area contributed by atoms with Crippen LogP contribution in [0.5, 0.6) is 0 Å². The second kappa shape index (κ2) is 12.8. The maximum Gasteiger partial charge on any atom is 0.191 e. The van der Waals surface area contributed by atoms with Crippen LogP contribution in [-0.2, 0) is 18.3 Å². The molecular weight excluding hydrogens is 352 g/mol. The first-order chi connectivity index (χ1) is 13.6. The van der Waals surface area contributed by atoms with E-state index in [1.54, 1.807) is 0 Å². The second-order valence-electron chi connectivity index (χ2n) is 7.99. The average Bonchev–Trinajstić information content (AvgIpc) is 3.03. The Hall–Kier alpha value is -1.63. The van der Waals surface area contributed by atoms with E-state index in [2.05, 4.69) is 27.8 Å². The molecule has 0 aromatic carbocycles. The van der Waals surface area contributed by atoms with Crippen molar-refractivity contribution in [2.45, 2.75) is 84.7 Å². The molecule has 1 fully saturated rings.